The third-order valence-electron chi connectivity index (χ3n) is 1.53. The summed E-state index contributed by atoms with van der Waals surface area (Å²) in [5, 5.41) is 0.201. The summed E-state index contributed by atoms with van der Waals surface area (Å²) >= 11 is 5.71. The standard InChI is InChI=1S/C8H7ClN2O2/c9-6-3-1-2-5(4-12)7(6)8(13)11-10/h1-4H,10H2,(H,11,13). The maximum absolute atomic E-state index is 11.1. The van der Waals surface area contributed by atoms with Gasteiger partial charge >= 0.3 is 0 Å². The summed E-state index contributed by atoms with van der Waals surface area (Å²) in [5.74, 6) is 4.35. The summed E-state index contributed by atoms with van der Waals surface area (Å²) in [5.41, 5.74) is 2.23. The minimum Gasteiger partial charge on any atom is -0.298 e. The molecule has 0 heterocycles. The quantitative estimate of drug-likeness (QED) is 0.319. The van der Waals surface area contributed by atoms with Crippen molar-refractivity contribution in [1.82, 2.24) is 5.43 Å². The Morgan fingerprint density at radius 3 is 2.77 bits per heavy atom. The van der Waals surface area contributed by atoms with Crippen molar-refractivity contribution < 1.29 is 9.59 Å². The molecule has 4 nitrogen and oxygen atoms in total. The molecule has 3 N–H and O–H groups in total. The van der Waals surface area contributed by atoms with Crippen LogP contribution in [0.3, 0.4) is 0 Å². The Morgan fingerprint density at radius 2 is 2.23 bits per heavy atom. The van der Waals surface area contributed by atoms with Crippen LogP contribution in [0.25, 0.3) is 0 Å². The van der Waals surface area contributed by atoms with E-state index < -0.39 is 5.91 Å². The zero-order chi connectivity index (χ0) is 9.84. The van der Waals surface area contributed by atoms with E-state index in [9.17, 15) is 9.59 Å². The average molecular weight is 199 g/mol. The number of carbonyl (C=O) groups is 2. The molecular weight excluding hydrogens is 192 g/mol. The zero-order valence-electron chi connectivity index (χ0n) is 6.58. The van der Waals surface area contributed by atoms with E-state index in [1.54, 1.807) is 6.07 Å². The van der Waals surface area contributed by atoms with E-state index in [1.165, 1.54) is 12.1 Å². The lowest BCUT2D eigenvalue weighted by molar-refractivity contribution is 0.0948. The Hall–Kier alpha value is -1.39. The van der Waals surface area contributed by atoms with E-state index in [2.05, 4.69) is 0 Å². The fourth-order valence-electron chi connectivity index (χ4n) is 0.951. The maximum Gasteiger partial charge on any atom is 0.267 e. The molecule has 0 fully saturated rings. The van der Waals surface area contributed by atoms with Crippen molar-refractivity contribution in [3.8, 4) is 0 Å². The average Bonchev–Trinajstić information content (AvgIpc) is 2.16. The SMILES string of the molecule is NNC(=O)c1c(Cl)cccc1C=O. The Kier molecular flexibility index (Phi) is 3.00. The Morgan fingerprint density at radius 1 is 1.54 bits per heavy atom. The molecule has 13 heavy (non-hydrogen) atoms. The molecule has 0 aliphatic carbocycles. The molecule has 0 radical (unpaired) electrons. The molecule has 0 aliphatic heterocycles. The van der Waals surface area contributed by atoms with Gasteiger partial charge in [-0.25, -0.2) is 5.84 Å². The van der Waals surface area contributed by atoms with Gasteiger partial charge in [0.25, 0.3) is 5.91 Å². The van der Waals surface area contributed by atoms with Crippen LogP contribution >= 0.6 is 11.6 Å². The third-order valence-corrected chi connectivity index (χ3v) is 1.85. The first-order chi connectivity index (χ1) is 6.20. The van der Waals surface area contributed by atoms with Crippen molar-refractivity contribution in [2.75, 3.05) is 0 Å². The van der Waals surface area contributed by atoms with Crippen LogP contribution in [0.1, 0.15) is 20.7 Å². The number of benzene rings is 1. The van der Waals surface area contributed by atoms with Gasteiger partial charge in [-0.1, -0.05) is 23.7 Å². The largest absolute Gasteiger partial charge is 0.298 e. The van der Waals surface area contributed by atoms with Gasteiger partial charge in [0.05, 0.1) is 10.6 Å². The van der Waals surface area contributed by atoms with E-state index in [1.807, 2.05) is 5.43 Å². The highest BCUT2D eigenvalue weighted by molar-refractivity contribution is 6.34. The summed E-state index contributed by atoms with van der Waals surface area (Å²) in [7, 11) is 0. The molecule has 5 heteroatoms. The minimum absolute atomic E-state index is 0.0988. The van der Waals surface area contributed by atoms with E-state index in [4.69, 9.17) is 17.4 Å². The second-order valence-electron chi connectivity index (χ2n) is 2.30. The summed E-state index contributed by atoms with van der Waals surface area (Å²) in [6.07, 6.45) is 0.552. The van der Waals surface area contributed by atoms with Gasteiger partial charge in [0.1, 0.15) is 0 Å². The first-order valence-electron chi connectivity index (χ1n) is 3.45. The smallest absolute Gasteiger partial charge is 0.267 e. The molecule has 0 saturated carbocycles. The monoisotopic (exact) mass is 198 g/mol. The van der Waals surface area contributed by atoms with Gasteiger partial charge in [-0.05, 0) is 6.07 Å². The summed E-state index contributed by atoms with van der Waals surface area (Å²) < 4.78 is 0. The molecule has 0 spiro atoms. The Balaban J connectivity index is 3.30. The number of aldehydes is 1. The van der Waals surface area contributed by atoms with Gasteiger partial charge in [0.15, 0.2) is 6.29 Å². The zero-order valence-corrected chi connectivity index (χ0v) is 7.34. The molecule has 1 aromatic rings. The van der Waals surface area contributed by atoms with Crippen LogP contribution in [0.15, 0.2) is 18.2 Å². The number of amides is 1. The normalized spacial score (nSPS) is 9.38. The van der Waals surface area contributed by atoms with Crippen LogP contribution in [0.2, 0.25) is 5.02 Å². The Bertz CT molecular complexity index is 352. The summed E-state index contributed by atoms with van der Waals surface area (Å²) in [6.45, 7) is 0. The van der Waals surface area contributed by atoms with Crippen molar-refractivity contribution in [2.45, 2.75) is 0 Å². The first-order valence-corrected chi connectivity index (χ1v) is 3.83. The number of rotatable bonds is 2. The number of halogens is 1. The number of nitrogen functional groups attached to an aromatic ring is 1. The number of hydrazine groups is 1. The molecule has 1 rings (SSSR count). The second-order valence-corrected chi connectivity index (χ2v) is 2.70. The van der Waals surface area contributed by atoms with Crippen molar-refractivity contribution >= 4 is 23.8 Å². The van der Waals surface area contributed by atoms with Crippen LogP contribution in [-0.4, -0.2) is 12.2 Å². The molecule has 0 aromatic heterocycles. The van der Waals surface area contributed by atoms with E-state index >= 15 is 0 Å². The molecule has 68 valence electrons. The topological polar surface area (TPSA) is 72.2 Å². The summed E-state index contributed by atoms with van der Waals surface area (Å²) in [4.78, 5) is 21.7. The van der Waals surface area contributed by atoms with Crippen LogP contribution in [-0.2, 0) is 0 Å². The van der Waals surface area contributed by atoms with Gasteiger partial charge in [-0.2, -0.15) is 0 Å². The molecule has 1 aromatic carbocycles. The van der Waals surface area contributed by atoms with Gasteiger partial charge in [-0.15, -0.1) is 0 Å². The molecule has 0 bridgehead atoms. The van der Waals surface area contributed by atoms with Crippen molar-refractivity contribution in [3.05, 3.63) is 34.3 Å². The molecular formula is C8H7ClN2O2. The fourth-order valence-corrected chi connectivity index (χ4v) is 1.22. The van der Waals surface area contributed by atoms with E-state index in [0.29, 0.717) is 6.29 Å². The lowest BCUT2D eigenvalue weighted by atomic mass is 10.1. The number of carbonyl (C=O) groups excluding carboxylic acids is 2. The first kappa shape index (κ1) is 9.70. The lowest BCUT2D eigenvalue weighted by Crippen LogP contribution is -2.31. The van der Waals surface area contributed by atoms with Crippen LogP contribution in [0.5, 0.6) is 0 Å². The highest BCUT2D eigenvalue weighted by atomic mass is 35.5. The summed E-state index contributed by atoms with van der Waals surface area (Å²) in [6, 6.07) is 4.59. The molecule has 0 atom stereocenters. The number of hydrogen-bond acceptors (Lipinski definition) is 3. The molecule has 0 unspecified atom stereocenters. The van der Waals surface area contributed by atoms with E-state index in [-0.39, 0.29) is 16.1 Å². The van der Waals surface area contributed by atoms with Crippen molar-refractivity contribution in [3.63, 3.8) is 0 Å². The lowest BCUT2D eigenvalue weighted by Gasteiger charge is -2.04. The molecule has 0 saturated heterocycles. The predicted octanol–water partition coefficient (Wildman–Crippen LogP) is 0.756. The predicted molar refractivity (Wildman–Crippen MR) is 48.5 cm³/mol. The van der Waals surface area contributed by atoms with Crippen LogP contribution in [0, 0.1) is 0 Å². The highest BCUT2D eigenvalue weighted by Crippen LogP contribution is 2.18. The van der Waals surface area contributed by atoms with Crippen LogP contribution in [0.4, 0.5) is 0 Å². The number of hydrogen-bond donors (Lipinski definition) is 2. The maximum atomic E-state index is 11.1. The van der Waals surface area contributed by atoms with Gasteiger partial charge in [-0.3, -0.25) is 15.0 Å². The molecule has 0 aliphatic rings. The van der Waals surface area contributed by atoms with Crippen molar-refractivity contribution in [2.24, 2.45) is 5.84 Å². The fraction of sp³-hybridized carbons (Fsp3) is 0. The highest BCUT2D eigenvalue weighted by Gasteiger charge is 2.13. The van der Waals surface area contributed by atoms with Gasteiger partial charge in [0, 0.05) is 5.56 Å². The van der Waals surface area contributed by atoms with Gasteiger partial charge in [0.2, 0.25) is 0 Å². The van der Waals surface area contributed by atoms with Crippen molar-refractivity contribution in [1.29, 1.82) is 0 Å². The second kappa shape index (κ2) is 4.02. The van der Waals surface area contributed by atoms with E-state index in [0.717, 1.165) is 0 Å². The number of nitrogens with one attached hydrogen (secondary N) is 1. The number of nitrogens with two attached hydrogens (primary N) is 1. The minimum atomic E-state index is -0.576. The Labute approximate surface area is 79.6 Å². The van der Waals surface area contributed by atoms with Crippen LogP contribution < -0.4 is 11.3 Å². The van der Waals surface area contributed by atoms with Gasteiger partial charge < -0.3 is 0 Å². The third kappa shape index (κ3) is 1.85. The molecule has 1 amide bonds.